The average molecular weight is 293 g/mol. The zero-order valence-corrected chi connectivity index (χ0v) is 13.1. The number of ether oxygens (including phenoxy) is 2. The van der Waals surface area contributed by atoms with Crippen LogP contribution in [0.3, 0.4) is 0 Å². The van der Waals surface area contributed by atoms with Gasteiger partial charge in [-0.05, 0) is 18.9 Å². The van der Waals surface area contributed by atoms with Crippen LogP contribution in [0.25, 0.3) is 0 Å². The largest absolute Gasteiger partial charge is 0.496 e. The molecule has 2 rings (SSSR count). The minimum absolute atomic E-state index is 0.615. The van der Waals surface area contributed by atoms with Gasteiger partial charge in [-0.3, -0.25) is 4.79 Å². The predicted octanol–water partition coefficient (Wildman–Crippen LogP) is 2.67. The molecular weight excluding hydrogens is 270 g/mol. The molecule has 1 fully saturated rings. The van der Waals surface area contributed by atoms with Gasteiger partial charge in [0.05, 0.1) is 25.3 Å². The summed E-state index contributed by atoms with van der Waals surface area (Å²) in [6.07, 6.45) is 3.13. The van der Waals surface area contributed by atoms with Crippen molar-refractivity contribution in [2.24, 2.45) is 0 Å². The molecule has 0 bridgehead atoms. The molecule has 1 aliphatic carbocycles. The summed E-state index contributed by atoms with van der Waals surface area (Å²) in [5.41, 5.74) is 0.734. The molecule has 0 saturated heterocycles. The first-order chi connectivity index (χ1) is 9.96. The first-order valence-corrected chi connectivity index (χ1v) is 7.13. The monoisotopic (exact) mass is 293 g/mol. The molecule has 0 aromatic heterocycles. The quantitative estimate of drug-likeness (QED) is 0.904. The third kappa shape index (κ3) is 2.52. The Kier molecular flexibility index (Phi) is 4.30. The zero-order valence-electron chi connectivity index (χ0n) is 13.1. The highest BCUT2D eigenvalue weighted by molar-refractivity contribution is 5.84. The van der Waals surface area contributed by atoms with Crippen molar-refractivity contribution in [1.29, 1.82) is 0 Å². The minimum Gasteiger partial charge on any atom is -0.496 e. The van der Waals surface area contributed by atoms with Gasteiger partial charge >= 0.3 is 5.97 Å². The van der Waals surface area contributed by atoms with Gasteiger partial charge in [-0.25, -0.2) is 0 Å². The van der Waals surface area contributed by atoms with Crippen molar-refractivity contribution in [2.45, 2.75) is 31.1 Å². The number of benzene rings is 1. The zero-order chi connectivity index (χ0) is 15.6. The van der Waals surface area contributed by atoms with E-state index in [0.717, 1.165) is 24.1 Å². The van der Waals surface area contributed by atoms with Crippen LogP contribution in [0.4, 0.5) is 5.69 Å². The lowest BCUT2D eigenvalue weighted by Crippen LogP contribution is -2.33. The molecule has 0 unspecified atom stereocenters. The lowest BCUT2D eigenvalue weighted by Gasteiger charge is -2.28. The van der Waals surface area contributed by atoms with Crippen molar-refractivity contribution in [3.8, 4) is 11.5 Å². The number of rotatable bonds is 5. The van der Waals surface area contributed by atoms with E-state index >= 15 is 0 Å². The number of aliphatic carboxylic acids is 1. The molecule has 0 spiro atoms. The van der Waals surface area contributed by atoms with E-state index in [1.807, 2.05) is 31.1 Å². The highest BCUT2D eigenvalue weighted by Crippen LogP contribution is 2.48. The summed E-state index contributed by atoms with van der Waals surface area (Å²) < 4.78 is 10.9. The second-order valence-electron chi connectivity index (χ2n) is 5.71. The van der Waals surface area contributed by atoms with Crippen LogP contribution in [-0.2, 0) is 10.2 Å². The van der Waals surface area contributed by atoms with E-state index < -0.39 is 11.4 Å². The highest BCUT2D eigenvalue weighted by Gasteiger charge is 2.45. The second-order valence-corrected chi connectivity index (χ2v) is 5.71. The fraction of sp³-hybridized carbons (Fsp3) is 0.562. The number of methoxy groups -OCH3 is 2. The van der Waals surface area contributed by atoms with Gasteiger partial charge in [-0.1, -0.05) is 12.8 Å². The van der Waals surface area contributed by atoms with Crippen molar-refractivity contribution < 1.29 is 19.4 Å². The fourth-order valence-electron chi connectivity index (χ4n) is 3.18. The van der Waals surface area contributed by atoms with E-state index in [4.69, 9.17) is 9.47 Å². The lowest BCUT2D eigenvalue weighted by atomic mass is 9.78. The average Bonchev–Trinajstić information content (AvgIpc) is 2.96. The summed E-state index contributed by atoms with van der Waals surface area (Å²) in [6.45, 7) is 0. The number of hydrogen-bond acceptors (Lipinski definition) is 4. The first-order valence-electron chi connectivity index (χ1n) is 7.13. The first kappa shape index (κ1) is 15.5. The SMILES string of the molecule is COc1cc(C2(C(=O)O)CCCC2)c(OC)cc1N(C)C. The molecule has 1 saturated carbocycles. The van der Waals surface area contributed by atoms with E-state index in [-0.39, 0.29) is 0 Å². The standard InChI is InChI=1S/C16H23NO4/c1-17(2)12-10-13(20-3)11(9-14(12)21-4)16(15(18)19)7-5-6-8-16/h9-10H,5-8H2,1-4H3,(H,18,19). The molecule has 1 aromatic carbocycles. The van der Waals surface area contributed by atoms with Crippen molar-refractivity contribution in [1.82, 2.24) is 0 Å². The summed E-state index contributed by atoms with van der Waals surface area (Å²) in [5, 5.41) is 9.77. The molecule has 1 aliphatic rings. The van der Waals surface area contributed by atoms with Crippen LogP contribution in [0.15, 0.2) is 12.1 Å². The van der Waals surface area contributed by atoms with Gasteiger partial charge < -0.3 is 19.5 Å². The van der Waals surface area contributed by atoms with E-state index in [1.54, 1.807) is 14.2 Å². The molecule has 5 nitrogen and oxygen atoms in total. The molecule has 0 radical (unpaired) electrons. The van der Waals surface area contributed by atoms with Crippen LogP contribution in [0.1, 0.15) is 31.2 Å². The molecule has 5 heteroatoms. The van der Waals surface area contributed by atoms with Gasteiger partial charge in [0, 0.05) is 25.7 Å². The number of carbonyl (C=O) groups is 1. The van der Waals surface area contributed by atoms with Crippen molar-refractivity contribution >= 4 is 11.7 Å². The Balaban J connectivity index is 2.64. The Hall–Kier alpha value is -1.91. The van der Waals surface area contributed by atoms with Crippen molar-refractivity contribution in [2.75, 3.05) is 33.2 Å². The smallest absolute Gasteiger partial charge is 0.314 e. The molecule has 0 atom stereocenters. The van der Waals surface area contributed by atoms with Crippen LogP contribution >= 0.6 is 0 Å². The van der Waals surface area contributed by atoms with E-state index in [1.165, 1.54) is 0 Å². The molecule has 116 valence electrons. The molecule has 21 heavy (non-hydrogen) atoms. The molecule has 0 amide bonds. The van der Waals surface area contributed by atoms with Crippen LogP contribution in [0, 0.1) is 0 Å². The summed E-state index contributed by atoms with van der Waals surface area (Å²) in [4.78, 5) is 13.8. The van der Waals surface area contributed by atoms with Crippen LogP contribution in [-0.4, -0.2) is 39.4 Å². The molecular formula is C16H23NO4. The van der Waals surface area contributed by atoms with Crippen molar-refractivity contribution in [3.05, 3.63) is 17.7 Å². The number of carboxylic acids is 1. The van der Waals surface area contributed by atoms with Gasteiger partial charge in [0.1, 0.15) is 11.5 Å². The van der Waals surface area contributed by atoms with Gasteiger partial charge in [0.25, 0.3) is 0 Å². The summed E-state index contributed by atoms with van der Waals surface area (Å²) in [7, 11) is 7.01. The number of hydrogen-bond donors (Lipinski definition) is 1. The third-order valence-corrected chi connectivity index (χ3v) is 4.36. The molecule has 1 N–H and O–H groups in total. The normalized spacial score (nSPS) is 16.6. The Labute approximate surface area is 125 Å². The number of anilines is 1. The second kappa shape index (κ2) is 5.84. The van der Waals surface area contributed by atoms with Crippen molar-refractivity contribution in [3.63, 3.8) is 0 Å². The maximum absolute atomic E-state index is 11.9. The minimum atomic E-state index is -0.858. The Morgan fingerprint density at radius 2 is 1.71 bits per heavy atom. The van der Waals surface area contributed by atoms with Gasteiger partial charge in [0.15, 0.2) is 0 Å². The van der Waals surface area contributed by atoms with E-state index in [2.05, 4.69) is 0 Å². The number of nitrogens with zero attached hydrogens (tertiary/aromatic N) is 1. The van der Waals surface area contributed by atoms with Gasteiger partial charge in [-0.2, -0.15) is 0 Å². The summed E-state index contributed by atoms with van der Waals surface area (Å²) in [6, 6.07) is 3.69. The number of carboxylic acid groups (broad SMARTS) is 1. The predicted molar refractivity (Wildman–Crippen MR) is 81.7 cm³/mol. The Morgan fingerprint density at radius 1 is 1.14 bits per heavy atom. The Bertz CT molecular complexity index is 533. The van der Waals surface area contributed by atoms with Crippen LogP contribution in [0.5, 0.6) is 11.5 Å². The lowest BCUT2D eigenvalue weighted by molar-refractivity contribution is -0.143. The molecule has 0 aliphatic heterocycles. The summed E-state index contributed by atoms with van der Waals surface area (Å²) in [5.74, 6) is 0.505. The van der Waals surface area contributed by atoms with Gasteiger partial charge in [0.2, 0.25) is 0 Å². The molecule has 1 aromatic rings. The molecule has 0 heterocycles. The highest BCUT2D eigenvalue weighted by atomic mass is 16.5. The van der Waals surface area contributed by atoms with Gasteiger partial charge in [-0.15, -0.1) is 0 Å². The summed E-state index contributed by atoms with van der Waals surface area (Å²) >= 11 is 0. The van der Waals surface area contributed by atoms with Crippen LogP contribution < -0.4 is 14.4 Å². The topological polar surface area (TPSA) is 59.0 Å². The van der Waals surface area contributed by atoms with E-state index in [9.17, 15) is 9.90 Å². The maximum Gasteiger partial charge on any atom is 0.314 e. The van der Waals surface area contributed by atoms with Crippen LogP contribution in [0.2, 0.25) is 0 Å². The third-order valence-electron chi connectivity index (χ3n) is 4.36. The Morgan fingerprint density at radius 3 is 2.14 bits per heavy atom. The fourth-order valence-corrected chi connectivity index (χ4v) is 3.18. The maximum atomic E-state index is 11.9. The van der Waals surface area contributed by atoms with E-state index in [0.29, 0.717) is 24.3 Å².